The van der Waals surface area contributed by atoms with Gasteiger partial charge in [-0.15, -0.1) is 12.3 Å². The number of benzene rings is 6. The first kappa shape index (κ1) is 46.1. The number of hydrogen-bond donors (Lipinski definition) is 1. The molecule has 7 aromatic rings. The van der Waals surface area contributed by atoms with Gasteiger partial charge in [0.15, 0.2) is 34.6 Å². The molecule has 1 aromatic heterocycles. The lowest BCUT2D eigenvalue weighted by Gasteiger charge is -2.05. The summed E-state index contributed by atoms with van der Waals surface area (Å²) in [5, 5.41) is 18.3. The van der Waals surface area contributed by atoms with Crippen LogP contribution in [0.15, 0.2) is 162 Å². The van der Waals surface area contributed by atoms with Crippen LogP contribution in [0.3, 0.4) is 0 Å². The first-order valence-corrected chi connectivity index (χ1v) is 21.8. The van der Waals surface area contributed by atoms with Crippen molar-refractivity contribution in [2.75, 3.05) is 27.5 Å². The molecule has 1 N–H and O–H groups in total. The summed E-state index contributed by atoms with van der Waals surface area (Å²) in [4.78, 5) is 35.2. The highest BCUT2D eigenvalue weighted by Gasteiger charge is 2.20. The van der Waals surface area contributed by atoms with Gasteiger partial charge in [0.25, 0.3) is 0 Å². The molecule has 0 saturated heterocycles. The molecule has 0 saturated carbocycles. The van der Waals surface area contributed by atoms with Crippen LogP contribution in [0.1, 0.15) is 43.1 Å². The van der Waals surface area contributed by atoms with Gasteiger partial charge < -0.3 is 28.8 Å². The summed E-state index contributed by atoms with van der Waals surface area (Å²) in [6, 6.07) is 40.0. The Bertz CT molecular complexity index is 3040. The van der Waals surface area contributed by atoms with E-state index >= 15 is 0 Å². The van der Waals surface area contributed by atoms with Crippen molar-refractivity contribution in [2.45, 2.75) is 6.42 Å². The largest absolute Gasteiger partial charge is 0.872 e. The molecule has 4 heterocycles. The Hall–Kier alpha value is -6.88. The number of carbonyl (C=O) groups excluding carboxylic acids is 3. The lowest BCUT2D eigenvalue weighted by molar-refractivity contribution is -0.243. The number of fused-ring (bicyclic) bond motifs is 3. The predicted molar refractivity (Wildman–Crippen MR) is 253 cm³/mol. The number of ether oxygens (including phenoxy) is 5. The number of nitrogens with zero attached hydrogens (tertiary/aromatic N) is 1. The minimum atomic E-state index is -0.314. The van der Waals surface area contributed by atoms with E-state index < -0.39 is 0 Å². The molecular weight excluding hydrogens is 1030 g/mol. The highest BCUT2D eigenvalue weighted by atomic mass is 79.9. The molecule has 65 heavy (non-hydrogen) atoms. The summed E-state index contributed by atoms with van der Waals surface area (Å²) in [5.74, 6) is 1.73. The number of carbonyl (C=O) groups is 3. The molecule has 0 bridgehead atoms. The van der Waals surface area contributed by atoms with Gasteiger partial charge in [-0.1, -0.05) is 78.1 Å². The number of rotatable bonds is 8. The second-order valence-corrected chi connectivity index (χ2v) is 16.6. The monoisotopic (exact) mass is 1060 g/mol. The van der Waals surface area contributed by atoms with Crippen LogP contribution in [-0.2, 0) is 4.74 Å². The topological polar surface area (TPSA) is 172 Å². The minimum Gasteiger partial charge on any atom is -0.872 e. The van der Waals surface area contributed by atoms with Gasteiger partial charge in [-0.3, -0.25) is 14.7 Å². The van der Waals surface area contributed by atoms with Gasteiger partial charge in [-0.2, -0.15) is 13.9 Å². The summed E-state index contributed by atoms with van der Waals surface area (Å²) in [6.45, 7) is 3.96. The Morgan fingerprint density at radius 2 is 1.20 bits per heavy atom. The van der Waals surface area contributed by atoms with Gasteiger partial charge in [0.1, 0.15) is 0 Å². The molecule has 0 fully saturated rings. The number of halogens is 3. The highest BCUT2D eigenvalue weighted by Crippen LogP contribution is 2.36. The van der Waals surface area contributed by atoms with E-state index in [9.17, 15) is 19.5 Å². The number of esters is 1. The van der Waals surface area contributed by atoms with Crippen molar-refractivity contribution in [2.24, 2.45) is 0 Å². The van der Waals surface area contributed by atoms with Crippen LogP contribution in [0, 0.1) is 0 Å². The molecule has 0 aliphatic carbocycles. The Morgan fingerprint density at radius 1 is 0.631 bits per heavy atom. The van der Waals surface area contributed by atoms with E-state index in [4.69, 9.17) is 27.8 Å². The van der Waals surface area contributed by atoms with E-state index in [1.807, 2.05) is 60.7 Å². The molecule has 16 heteroatoms. The standard InChI is InChI=1S/C16H11BrN2O2.C16H11BrO4.C9H7O3.C8H7BrO2/c17-12-3-1-2-10(6-12)13-8-14(19-18-13)11-4-5-15-16(7-11)21-9-20-15;17-12-3-1-2-10(6-12)13(18)8-14(19)11-4-5-15-16(7-11)21-9-20-15;1-6(10)7-2-3-8-9(4-7)12-5-11-8;1-11-8(10)6-3-2-4-7(9)5-6/h1-8H,9H2,(H,18,19);1-7H,8-9H2;2-4H,1,5H2;2-5H,1H3/q;;+1;. The molecule has 13 nitrogen and oxygen atoms in total. The summed E-state index contributed by atoms with van der Waals surface area (Å²) < 4.78 is 38.6. The first-order valence-electron chi connectivity index (χ1n) is 19.5. The number of nitrogens with one attached hydrogen (secondary N) is 1. The molecule has 0 unspecified atom stereocenters. The second-order valence-electron chi connectivity index (χ2n) is 13.8. The van der Waals surface area contributed by atoms with Crippen LogP contribution in [0.5, 0.6) is 23.0 Å². The van der Waals surface area contributed by atoms with Crippen molar-refractivity contribution in [3.63, 3.8) is 0 Å². The smallest absolute Gasteiger partial charge is 0.570 e. The van der Waals surface area contributed by atoms with Crippen molar-refractivity contribution in [1.82, 2.24) is 10.2 Å². The molecular formula is C49H36Br3N2O11+. The van der Waals surface area contributed by atoms with Crippen molar-refractivity contribution in [1.29, 1.82) is 0 Å². The SMILES string of the molecule is Brc1cccc(-c2cc(-c3ccc4c(c3)OCO4)[nH]n2)c1.C=C([O-])c1ccc2c(c1)=[O+]C[O+]=2.COC(=O)c1cccc(Br)c1.O=C(CC(=O)c1ccc2c(c1)OCO2)c1cccc(Br)c1. The maximum absolute atomic E-state index is 12.2. The molecule has 6 aromatic carbocycles. The zero-order valence-electron chi connectivity index (χ0n) is 34.3. The van der Waals surface area contributed by atoms with Gasteiger partial charge in [-0.05, 0) is 96.6 Å². The minimum absolute atomic E-state index is 0.157. The third-order valence-corrected chi connectivity index (χ3v) is 11.0. The van der Waals surface area contributed by atoms with Gasteiger partial charge in [0.05, 0.1) is 42.6 Å². The van der Waals surface area contributed by atoms with Gasteiger partial charge >= 0.3 is 23.6 Å². The third kappa shape index (κ3) is 12.2. The van der Waals surface area contributed by atoms with Crippen molar-refractivity contribution >= 4 is 71.1 Å². The van der Waals surface area contributed by atoms with E-state index in [1.165, 1.54) is 7.11 Å². The molecule has 10 rings (SSSR count). The molecule has 0 spiro atoms. The van der Waals surface area contributed by atoms with E-state index in [-0.39, 0.29) is 50.1 Å². The third-order valence-electron chi connectivity index (χ3n) is 9.48. The number of H-pyrrole nitrogens is 1. The van der Waals surface area contributed by atoms with Crippen LogP contribution < -0.4 is 34.9 Å². The van der Waals surface area contributed by atoms with Crippen molar-refractivity contribution in [3.05, 3.63) is 195 Å². The summed E-state index contributed by atoms with van der Waals surface area (Å²) in [6.07, 6.45) is -0.171. The molecule has 0 atom stereocenters. The van der Waals surface area contributed by atoms with Crippen LogP contribution in [0.2, 0.25) is 0 Å². The molecule has 3 aliphatic heterocycles. The molecule has 0 amide bonds. The maximum atomic E-state index is 12.2. The Labute approximate surface area is 397 Å². The van der Waals surface area contributed by atoms with Crippen molar-refractivity contribution in [3.8, 4) is 45.5 Å². The number of methoxy groups -OCH3 is 1. The molecule has 3 aliphatic rings. The zero-order chi connectivity index (χ0) is 45.9. The Kier molecular flexibility index (Phi) is 15.4. The zero-order valence-corrected chi connectivity index (χ0v) is 39.1. The lowest BCUT2D eigenvalue weighted by atomic mass is 10.0. The number of aromatic nitrogens is 2. The van der Waals surface area contributed by atoms with E-state index in [0.29, 0.717) is 44.6 Å². The fraction of sp³-hybridized carbons (Fsp3) is 0.102. The fourth-order valence-electron chi connectivity index (χ4n) is 6.21. The quantitative estimate of drug-likeness (QED) is 0.0386. The Balaban J connectivity index is 0.000000135. The maximum Gasteiger partial charge on any atom is 0.570 e. The first-order chi connectivity index (χ1) is 31.4. The lowest BCUT2D eigenvalue weighted by Crippen LogP contribution is -2.22. The second kappa shape index (κ2) is 21.7. The van der Waals surface area contributed by atoms with Gasteiger partial charge in [0, 0.05) is 35.7 Å². The van der Waals surface area contributed by atoms with Crippen LogP contribution in [0.4, 0.5) is 0 Å². The number of ketones is 2. The Morgan fingerprint density at radius 3 is 1.86 bits per heavy atom. The van der Waals surface area contributed by atoms with Crippen LogP contribution >= 0.6 is 47.8 Å². The average molecular weight is 1070 g/mol. The predicted octanol–water partition coefficient (Wildman–Crippen LogP) is 9.32. The normalized spacial score (nSPS) is 12.0. The van der Waals surface area contributed by atoms with Crippen LogP contribution in [-0.4, -0.2) is 55.2 Å². The van der Waals surface area contributed by atoms with E-state index in [1.54, 1.807) is 72.8 Å². The van der Waals surface area contributed by atoms with Crippen LogP contribution in [0.25, 0.3) is 28.3 Å². The number of hydrogen-bond acceptors (Lipinski definition) is 10. The number of Topliss-reactive ketones (excluding diaryl/α,β-unsaturated/α-hetero) is 2. The number of aromatic amines is 1. The summed E-state index contributed by atoms with van der Waals surface area (Å²) >= 11 is 10.0. The fourth-order valence-corrected chi connectivity index (χ4v) is 7.41. The van der Waals surface area contributed by atoms with E-state index in [2.05, 4.69) is 69.3 Å². The van der Waals surface area contributed by atoms with Gasteiger partial charge in [0.2, 0.25) is 13.6 Å². The van der Waals surface area contributed by atoms with Crippen molar-refractivity contribution < 1.29 is 43.2 Å². The average Bonchev–Trinajstić information content (AvgIpc) is 4.16. The highest BCUT2D eigenvalue weighted by molar-refractivity contribution is 9.11. The summed E-state index contributed by atoms with van der Waals surface area (Å²) in [5.41, 5.74) is 7.29. The summed E-state index contributed by atoms with van der Waals surface area (Å²) in [7, 11) is 1.36. The molecule has 328 valence electrons. The van der Waals surface area contributed by atoms with Gasteiger partial charge in [-0.25, -0.2) is 4.79 Å². The molecule has 0 radical (unpaired) electrons. The van der Waals surface area contributed by atoms with E-state index in [0.717, 1.165) is 47.4 Å².